The second kappa shape index (κ2) is 6.47. The van der Waals surface area contributed by atoms with Crippen molar-refractivity contribution in [1.29, 1.82) is 0 Å². The van der Waals surface area contributed by atoms with Crippen molar-refractivity contribution >= 4 is 17.8 Å². The van der Waals surface area contributed by atoms with E-state index >= 15 is 0 Å². The molecule has 1 atom stereocenters. The van der Waals surface area contributed by atoms with E-state index in [0.29, 0.717) is 32.5 Å². The molecule has 1 N–H and O–H groups in total. The quantitative estimate of drug-likeness (QED) is 0.779. The number of hydrogen-bond donors (Lipinski definition) is 1. The molecular weight excluding hydrogens is 298 g/mol. The van der Waals surface area contributed by atoms with Crippen molar-refractivity contribution in [3.8, 4) is 0 Å². The van der Waals surface area contributed by atoms with Gasteiger partial charge in [-0.1, -0.05) is 12.8 Å². The third-order valence-electron chi connectivity index (χ3n) is 5.13. The van der Waals surface area contributed by atoms with Crippen LogP contribution >= 0.6 is 0 Å². The predicted molar refractivity (Wildman–Crippen MR) is 82.7 cm³/mol. The Balaban J connectivity index is 1.61. The van der Waals surface area contributed by atoms with Gasteiger partial charge < -0.3 is 15.0 Å². The lowest BCUT2D eigenvalue weighted by molar-refractivity contribution is -0.141. The van der Waals surface area contributed by atoms with Crippen molar-refractivity contribution in [1.82, 2.24) is 15.1 Å². The average Bonchev–Trinajstić information content (AvgIpc) is 3.09. The number of nitrogens with zero attached hydrogens (tertiary/aromatic N) is 2. The Bertz CT molecular complexity index is 500. The molecular formula is C16H25N3O4. The second-order valence-corrected chi connectivity index (χ2v) is 6.67. The molecule has 2 saturated heterocycles. The van der Waals surface area contributed by atoms with Gasteiger partial charge in [-0.3, -0.25) is 14.5 Å². The van der Waals surface area contributed by atoms with Crippen LogP contribution in [-0.2, 0) is 14.3 Å². The maximum Gasteiger partial charge on any atom is 0.325 e. The van der Waals surface area contributed by atoms with Crippen LogP contribution in [0.2, 0.25) is 0 Å². The van der Waals surface area contributed by atoms with E-state index in [0.717, 1.165) is 30.6 Å². The minimum Gasteiger partial charge on any atom is -0.377 e. The number of carbonyl (C=O) groups excluding carboxylic acids is 3. The standard InChI is InChI=1S/C16H25N3O4/c1-2-23-12-6-5-9-18(10-12)13(20)11-19-14(21)16(17-15(19)22)7-3-4-8-16/h12H,2-11H2,1H3,(H,17,22)/t12-/m1/s1. The number of rotatable bonds is 4. The Morgan fingerprint density at radius 3 is 2.74 bits per heavy atom. The first-order valence-electron chi connectivity index (χ1n) is 8.59. The van der Waals surface area contributed by atoms with Gasteiger partial charge in [-0.15, -0.1) is 0 Å². The second-order valence-electron chi connectivity index (χ2n) is 6.67. The Morgan fingerprint density at radius 2 is 2.04 bits per heavy atom. The SMILES string of the molecule is CCO[C@@H]1CCCN(C(=O)CN2C(=O)NC3(CCCC3)C2=O)C1. The summed E-state index contributed by atoms with van der Waals surface area (Å²) >= 11 is 0. The number of imide groups is 1. The number of likely N-dealkylation sites (tertiary alicyclic amines) is 1. The van der Waals surface area contributed by atoms with E-state index < -0.39 is 11.6 Å². The molecule has 0 aromatic heterocycles. The summed E-state index contributed by atoms with van der Waals surface area (Å²) in [7, 11) is 0. The summed E-state index contributed by atoms with van der Waals surface area (Å²) in [6, 6.07) is -0.427. The molecule has 0 aromatic rings. The molecule has 3 fully saturated rings. The summed E-state index contributed by atoms with van der Waals surface area (Å²) in [5, 5.41) is 2.81. The fourth-order valence-corrected chi connectivity index (χ4v) is 3.91. The van der Waals surface area contributed by atoms with Crippen molar-refractivity contribution in [2.45, 2.75) is 57.1 Å². The van der Waals surface area contributed by atoms with E-state index in [1.54, 1.807) is 4.90 Å². The largest absolute Gasteiger partial charge is 0.377 e. The van der Waals surface area contributed by atoms with Crippen LogP contribution in [0.15, 0.2) is 0 Å². The fourth-order valence-electron chi connectivity index (χ4n) is 3.91. The van der Waals surface area contributed by atoms with Gasteiger partial charge in [0.05, 0.1) is 6.10 Å². The number of piperidine rings is 1. The maximum absolute atomic E-state index is 12.6. The molecule has 7 nitrogen and oxygen atoms in total. The van der Waals surface area contributed by atoms with Crippen LogP contribution in [0.5, 0.6) is 0 Å². The summed E-state index contributed by atoms with van der Waals surface area (Å²) in [5.74, 6) is -0.403. The lowest BCUT2D eigenvalue weighted by Crippen LogP contribution is -2.49. The van der Waals surface area contributed by atoms with Gasteiger partial charge in [-0.25, -0.2) is 4.79 Å². The van der Waals surface area contributed by atoms with Gasteiger partial charge in [0.15, 0.2) is 0 Å². The van der Waals surface area contributed by atoms with Crippen molar-refractivity contribution < 1.29 is 19.1 Å². The molecule has 23 heavy (non-hydrogen) atoms. The lowest BCUT2D eigenvalue weighted by atomic mass is 9.98. The van der Waals surface area contributed by atoms with Gasteiger partial charge in [-0.2, -0.15) is 0 Å². The van der Waals surface area contributed by atoms with Gasteiger partial charge in [-0.05, 0) is 32.6 Å². The topological polar surface area (TPSA) is 79.0 Å². The summed E-state index contributed by atoms with van der Waals surface area (Å²) in [6.45, 7) is 3.61. The van der Waals surface area contributed by atoms with Gasteiger partial charge >= 0.3 is 6.03 Å². The zero-order valence-electron chi connectivity index (χ0n) is 13.7. The highest BCUT2D eigenvalue weighted by atomic mass is 16.5. The molecule has 3 aliphatic rings. The van der Waals surface area contributed by atoms with Crippen LogP contribution in [-0.4, -0.2) is 65.5 Å². The summed E-state index contributed by atoms with van der Waals surface area (Å²) in [6.07, 6.45) is 5.13. The molecule has 0 aromatic carbocycles. The molecule has 1 saturated carbocycles. The molecule has 4 amide bonds. The zero-order valence-corrected chi connectivity index (χ0v) is 13.7. The first-order chi connectivity index (χ1) is 11.1. The molecule has 1 spiro atoms. The van der Waals surface area contributed by atoms with E-state index in [-0.39, 0.29) is 24.5 Å². The van der Waals surface area contributed by atoms with Gasteiger partial charge in [0.25, 0.3) is 5.91 Å². The van der Waals surface area contributed by atoms with Crippen molar-refractivity contribution in [2.24, 2.45) is 0 Å². The molecule has 0 bridgehead atoms. The number of hydrogen-bond acceptors (Lipinski definition) is 4. The summed E-state index contributed by atoms with van der Waals surface area (Å²) < 4.78 is 5.60. The van der Waals surface area contributed by atoms with E-state index in [9.17, 15) is 14.4 Å². The lowest BCUT2D eigenvalue weighted by Gasteiger charge is -2.33. The van der Waals surface area contributed by atoms with Crippen LogP contribution in [0.25, 0.3) is 0 Å². The first kappa shape index (κ1) is 16.2. The Kier molecular flexibility index (Phi) is 4.57. The number of carbonyl (C=O) groups is 3. The summed E-state index contributed by atoms with van der Waals surface area (Å²) in [5.41, 5.74) is -0.743. The van der Waals surface area contributed by atoms with Crippen molar-refractivity contribution in [3.63, 3.8) is 0 Å². The predicted octanol–water partition coefficient (Wildman–Crippen LogP) is 0.879. The molecule has 1 aliphatic carbocycles. The third kappa shape index (κ3) is 3.06. The van der Waals surface area contributed by atoms with Crippen molar-refractivity contribution in [3.05, 3.63) is 0 Å². The van der Waals surface area contributed by atoms with E-state index in [1.165, 1.54) is 0 Å². The Labute approximate surface area is 136 Å². The summed E-state index contributed by atoms with van der Waals surface area (Å²) in [4.78, 5) is 40.0. The molecule has 0 unspecified atom stereocenters. The number of amides is 4. The monoisotopic (exact) mass is 323 g/mol. The van der Waals surface area contributed by atoms with Crippen LogP contribution in [0.4, 0.5) is 4.79 Å². The highest BCUT2D eigenvalue weighted by Gasteiger charge is 2.52. The first-order valence-corrected chi connectivity index (χ1v) is 8.59. The highest BCUT2D eigenvalue weighted by molar-refractivity contribution is 6.09. The molecule has 2 aliphatic heterocycles. The molecule has 128 valence electrons. The van der Waals surface area contributed by atoms with Crippen LogP contribution in [0.1, 0.15) is 45.4 Å². The number of ether oxygens (including phenoxy) is 1. The van der Waals surface area contributed by atoms with Crippen LogP contribution in [0.3, 0.4) is 0 Å². The molecule has 3 rings (SSSR count). The molecule has 2 heterocycles. The van der Waals surface area contributed by atoms with Crippen LogP contribution in [0, 0.1) is 0 Å². The maximum atomic E-state index is 12.6. The molecule has 7 heteroatoms. The van der Waals surface area contributed by atoms with E-state index in [2.05, 4.69) is 5.32 Å². The van der Waals surface area contributed by atoms with E-state index in [4.69, 9.17) is 4.74 Å². The van der Waals surface area contributed by atoms with Gasteiger partial charge in [0, 0.05) is 19.7 Å². The average molecular weight is 323 g/mol. The Morgan fingerprint density at radius 1 is 1.30 bits per heavy atom. The number of urea groups is 1. The zero-order chi connectivity index (χ0) is 16.4. The number of nitrogens with one attached hydrogen (secondary N) is 1. The highest BCUT2D eigenvalue weighted by Crippen LogP contribution is 2.35. The van der Waals surface area contributed by atoms with Gasteiger partial charge in [0.1, 0.15) is 12.1 Å². The Hall–Kier alpha value is -1.63. The normalized spacial score (nSPS) is 26.9. The minimum atomic E-state index is -0.743. The van der Waals surface area contributed by atoms with Crippen molar-refractivity contribution in [2.75, 3.05) is 26.2 Å². The minimum absolute atomic E-state index is 0.0574. The van der Waals surface area contributed by atoms with Gasteiger partial charge in [0.2, 0.25) is 5.91 Å². The van der Waals surface area contributed by atoms with Crippen LogP contribution < -0.4 is 5.32 Å². The molecule has 0 radical (unpaired) electrons. The fraction of sp³-hybridized carbons (Fsp3) is 0.812. The third-order valence-corrected chi connectivity index (χ3v) is 5.13. The smallest absolute Gasteiger partial charge is 0.325 e. The van der Waals surface area contributed by atoms with E-state index in [1.807, 2.05) is 6.92 Å².